The zero-order chi connectivity index (χ0) is 28.0. The number of ether oxygens (including phenoxy) is 1. The van der Waals surface area contributed by atoms with E-state index in [9.17, 15) is 0 Å². The Morgan fingerprint density at radius 2 is 1.50 bits per heavy atom. The topological polar surface area (TPSA) is 27.1 Å². The number of benzene rings is 4. The van der Waals surface area contributed by atoms with Crippen LogP contribution in [0.15, 0.2) is 97.2 Å². The Morgan fingerprint density at radius 3 is 2.27 bits per heavy atom. The third-order valence-corrected chi connectivity index (χ3v) is 10.9. The summed E-state index contributed by atoms with van der Waals surface area (Å²) in [6.45, 7) is 11.1. The van der Waals surface area contributed by atoms with Crippen molar-refractivity contribution < 1.29 is 25.9 Å². The number of halogens is 2. The van der Waals surface area contributed by atoms with E-state index < -0.39 is 0 Å². The van der Waals surface area contributed by atoms with Gasteiger partial charge in [-0.3, -0.25) is 0 Å². The second-order valence-electron chi connectivity index (χ2n) is 11.2. The molecule has 5 heteroatoms. The first kappa shape index (κ1) is 26.9. The molecule has 6 rings (SSSR count). The number of rotatable bonds is 5. The molecule has 0 atom stereocenters. The van der Waals surface area contributed by atoms with Crippen molar-refractivity contribution in [3.05, 3.63) is 126 Å². The normalized spacial score (nSPS) is 11.9. The summed E-state index contributed by atoms with van der Waals surface area (Å²) in [7, 11) is 0. The number of nitrogens with zero attached hydrogens (tertiary/aromatic N) is 2. The second kappa shape index (κ2) is 10.6. The molecule has 0 spiro atoms. The third-order valence-electron chi connectivity index (χ3n) is 7.16. The molecular weight excluding hydrogens is 627 g/mol. The van der Waals surface area contributed by atoms with Crippen LogP contribution < -0.4 is 25.9 Å². The molecule has 4 aromatic carbocycles. The minimum atomic E-state index is -0.308. The minimum absolute atomic E-state index is 0.0124. The van der Waals surface area contributed by atoms with Crippen molar-refractivity contribution in [1.82, 2.24) is 9.55 Å². The molecule has 0 aliphatic carbocycles. The molecule has 0 fully saturated rings. The van der Waals surface area contributed by atoms with Crippen molar-refractivity contribution in [1.29, 1.82) is 0 Å². The van der Waals surface area contributed by atoms with Crippen LogP contribution in [0, 0.1) is 21.0 Å². The van der Waals surface area contributed by atoms with Crippen LogP contribution in [0.4, 0.5) is 0 Å². The zero-order valence-electron chi connectivity index (χ0n) is 23.3. The SMILES string of the molecule is Cc1cccc(C)c1[I-]c1cccc(Oc2ccc3c4cc(Cl)ccc4n(-c4cc(C(C)(C)C)ccn4)c3c2)c1. The molecule has 0 radical (unpaired) electrons. The summed E-state index contributed by atoms with van der Waals surface area (Å²) in [5, 5.41) is 2.92. The van der Waals surface area contributed by atoms with Gasteiger partial charge < -0.3 is 0 Å². The molecule has 0 amide bonds. The maximum atomic E-state index is 6.47. The van der Waals surface area contributed by atoms with Crippen LogP contribution >= 0.6 is 11.6 Å². The summed E-state index contributed by atoms with van der Waals surface area (Å²) in [6.07, 6.45) is 1.90. The number of aromatic nitrogens is 2. The van der Waals surface area contributed by atoms with Gasteiger partial charge in [0.2, 0.25) is 0 Å². The monoisotopic (exact) mass is 657 g/mol. The van der Waals surface area contributed by atoms with Crippen LogP contribution in [0.5, 0.6) is 11.5 Å². The summed E-state index contributed by atoms with van der Waals surface area (Å²) >= 11 is 6.14. The van der Waals surface area contributed by atoms with E-state index >= 15 is 0 Å². The molecular formula is C35H31ClIN2O-. The maximum absolute atomic E-state index is 6.47. The Hall–Kier alpha value is -3.35. The standard InChI is InChI=1S/C35H31ClIN2O/c1-22-8-6-9-23(2)34(22)37-26-10-7-11-27(20-26)40-28-13-14-29-30-19-25(36)12-15-31(30)39(32(29)21-28)33-18-24(16-17-38-33)35(3,4)5/h6-21H,1-5H3/q-1. The van der Waals surface area contributed by atoms with E-state index in [0.717, 1.165) is 39.1 Å². The van der Waals surface area contributed by atoms with Crippen LogP contribution in [0.2, 0.25) is 5.02 Å². The van der Waals surface area contributed by atoms with Gasteiger partial charge in [0, 0.05) is 0 Å². The number of hydrogen-bond donors (Lipinski definition) is 0. The van der Waals surface area contributed by atoms with E-state index in [0.29, 0.717) is 5.02 Å². The molecule has 0 saturated heterocycles. The number of pyridine rings is 1. The first-order valence-electron chi connectivity index (χ1n) is 13.4. The first-order valence-corrected chi connectivity index (χ1v) is 15.9. The van der Waals surface area contributed by atoms with Crippen LogP contribution in [0.3, 0.4) is 0 Å². The van der Waals surface area contributed by atoms with E-state index in [1.54, 1.807) is 0 Å². The molecule has 202 valence electrons. The van der Waals surface area contributed by atoms with Gasteiger partial charge >= 0.3 is 232 Å². The molecule has 0 bridgehead atoms. The van der Waals surface area contributed by atoms with E-state index in [1.165, 1.54) is 23.8 Å². The number of aryl methyl sites for hydroxylation is 2. The van der Waals surface area contributed by atoms with E-state index in [2.05, 4.69) is 106 Å². The summed E-state index contributed by atoms with van der Waals surface area (Å²) in [4.78, 5) is 4.79. The van der Waals surface area contributed by atoms with Gasteiger partial charge in [-0.15, -0.1) is 0 Å². The Kier molecular flexibility index (Phi) is 7.09. The average molecular weight is 658 g/mol. The Labute approximate surface area is 251 Å². The van der Waals surface area contributed by atoms with Gasteiger partial charge in [0.05, 0.1) is 0 Å². The van der Waals surface area contributed by atoms with Crippen molar-refractivity contribution in [2.45, 2.75) is 40.0 Å². The fourth-order valence-electron chi connectivity index (χ4n) is 5.07. The summed E-state index contributed by atoms with van der Waals surface area (Å²) in [5.74, 6) is 2.52. The zero-order valence-corrected chi connectivity index (χ0v) is 26.2. The van der Waals surface area contributed by atoms with E-state index in [4.69, 9.17) is 21.3 Å². The molecule has 6 aromatic rings. The molecule has 0 saturated carbocycles. The van der Waals surface area contributed by atoms with Gasteiger partial charge in [0.1, 0.15) is 0 Å². The fourth-order valence-corrected chi connectivity index (χ4v) is 7.92. The van der Waals surface area contributed by atoms with Gasteiger partial charge in [-0.1, -0.05) is 20.8 Å². The van der Waals surface area contributed by atoms with Crippen molar-refractivity contribution in [3.63, 3.8) is 0 Å². The van der Waals surface area contributed by atoms with Crippen molar-refractivity contribution in [2.24, 2.45) is 0 Å². The summed E-state index contributed by atoms with van der Waals surface area (Å²) < 4.78 is 11.5. The molecule has 2 aromatic heterocycles. The van der Waals surface area contributed by atoms with Crippen LogP contribution in [0.25, 0.3) is 27.6 Å². The number of fused-ring (bicyclic) bond motifs is 3. The van der Waals surface area contributed by atoms with Gasteiger partial charge in [-0.2, -0.15) is 0 Å². The van der Waals surface area contributed by atoms with Gasteiger partial charge in [0.15, 0.2) is 0 Å². The second-order valence-corrected chi connectivity index (χ2v) is 14.5. The summed E-state index contributed by atoms with van der Waals surface area (Å²) in [6, 6.07) is 31.7. The first-order chi connectivity index (χ1) is 19.2. The average Bonchev–Trinajstić information content (AvgIpc) is 3.23. The molecule has 0 N–H and O–H groups in total. The molecule has 0 aliphatic rings. The van der Waals surface area contributed by atoms with Crippen LogP contribution in [-0.4, -0.2) is 9.55 Å². The van der Waals surface area contributed by atoms with Crippen LogP contribution in [-0.2, 0) is 5.41 Å². The predicted octanol–water partition coefficient (Wildman–Crippen LogP) is 6.67. The number of hydrogen-bond acceptors (Lipinski definition) is 2. The van der Waals surface area contributed by atoms with Gasteiger partial charge in [-0.05, 0) is 0 Å². The van der Waals surface area contributed by atoms with Gasteiger partial charge in [0.25, 0.3) is 0 Å². The molecule has 0 aliphatic heterocycles. The van der Waals surface area contributed by atoms with E-state index in [-0.39, 0.29) is 26.6 Å². The van der Waals surface area contributed by atoms with E-state index in [1.807, 2.05) is 30.5 Å². The Balaban J connectivity index is 1.42. The predicted molar refractivity (Wildman–Crippen MR) is 162 cm³/mol. The molecule has 2 heterocycles. The quantitative estimate of drug-likeness (QED) is 0.194. The van der Waals surface area contributed by atoms with Crippen molar-refractivity contribution >= 4 is 33.4 Å². The molecule has 40 heavy (non-hydrogen) atoms. The van der Waals surface area contributed by atoms with Crippen molar-refractivity contribution in [2.75, 3.05) is 0 Å². The Morgan fingerprint density at radius 1 is 0.750 bits per heavy atom. The third kappa shape index (κ3) is 5.23. The molecule has 0 unspecified atom stereocenters. The Bertz CT molecular complexity index is 1860. The fraction of sp³-hybridized carbons (Fsp3) is 0.171. The van der Waals surface area contributed by atoms with Crippen LogP contribution in [0.1, 0.15) is 37.5 Å². The van der Waals surface area contributed by atoms with Gasteiger partial charge in [-0.25, -0.2) is 0 Å². The van der Waals surface area contributed by atoms with Crippen molar-refractivity contribution in [3.8, 4) is 17.3 Å². The molecule has 3 nitrogen and oxygen atoms in total. The summed E-state index contributed by atoms with van der Waals surface area (Å²) in [5.41, 5.74) is 6.07.